The van der Waals surface area contributed by atoms with Crippen molar-refractivity contribution >= 4 is 33.7 Å². The topological polar surface area (TPSA) is 46.6 Å². The number of amides is 1. The van der Waals surface area contributed by atoms with Gasteiger partial charge in [0.1, 0.15) is 11.6 Å². The molecule has 0 saturated heterocycles. The molecular formula is C19H17BrFNO3. The molecule has 0 aliphatic rings. The minimum atomic E-state index is -0.401. The van der Waals surface area contributed by atoms with Gasteiger partial charge in [-0.15, -0.1) is 0 Å². The highest BCUT2D eigenvalue weighted by Gasteiger charge is 2.07. The van der Waals surface area contributed by atoms with Crippen molar-refractivity contribution in [3.63, 3.8) is 0 Å². The average molecular weight is 406 g/mol. The number of carbonyl (C=O) groups excluding carboxylic acids is 2. The number of ketones is 1. The predicted molar refractivity (Wildman–Crippen MR) is 98.1 cm³/mol. The van der Waals surface area contributed by atoms with Crippen LogP contribution in [0.4, 0.5) is 4.39 Å². The van der Waals surface area contributed by atoms with Crippen LogP contribution in [0.25, 0.3) is 6.08 Å². The van der Waals surface area contributed by atoms with E-state index in [1.54, 1.807) is 50.5 Å². The molecule has 0 bridgehead atoms. The van der Waals surface area contributed by atoms with E-state index in [4.69, 9.17) is 4.74 Å². The third-order valence-corrected chi connectivity index (χ3v) is 3.87. The first kappa shape index (κ1) is 18.9. The molecule has 0 aliphatic carbocycles. The van der Waals surface area contributed by atoms with Gasteiger partial charge in [-0.3, -0.25) is 9.59 Å². The van der Waals surface area contributed by atoms with Gasteiger partial charge in [0.05, 0.1) is 0 Å². The van der Waals surface area contributed by atoms with Crippen molar-refractivity contribution in [3.8, 4) is 5.75 Å². The van der Waals surface area contributed by atoms with E-state index >= 15 is 0 Å². The van der Waals surface area contributed by atoms with Gasteiger partial charge in [0.25, 0.3) is 5.91 Å². The zero-order chi connectivity index (χ0) is 18.4. The molecule has 0 aromatic heterocycles. The fraction of sp³-hybridized carbons (Fsp3) is 0.158. The molecular weight excluding hydrogens is 389 g/mol. The summed E-state index contributed by atoms with van der Waals surface area (Å²) in [6.45, 7) is -0.0671. The summed E-state index contributed by atoms with van der Waals surface area (Å²) < 4.78 is 19.7. The number of likely N-dealkylation sites (N-methyl/N-ethyl adjacent to an activating group) is 1. The van der Waals surface area contributed by atoms with Gasteiger partial charge >= 0.3 is 0 Å². The van der Waals surface area contributed by atoms with Crippen LogP contribution in [0.15, 0.2) is 53.0 Å². The lowest BCUT2D eigenvalue weighted by atomic mass is 10.1. The first-order valence-electron chi connectivity index (χ1n) is 7.47. The lowest BCUT2D eigenvalue weighted by Crippen LogP contribution is -2.27. The number of hydrogen-bond acceptors (Lipinski definition) is 3. The third-order valence-electron chi connectivity index (χ3n) is 3.37. The van der Waals surface area contributed by atoms with Crippen LogP contribution >= 0.6 is 15.9 Å². The van der Waals surface area contributed by atoms with Crippen LogP contribution in [0.2, 0.25) is 0 Å². The lowest BCUT2D eigenvalue weighted by Gasteiger charge is -2.11. The van der Waals surface area contributed by atoms with Gasteiger partial charge in [-0.25, -0.2) is 4.39 Å². The van der Waals surface area contributed by atoms with Crippen LogP contribution in [0.1, 0.15) is 15.9 Å². The highest BCUT2D eigenvalue weighted by atomic mass is 79.9. The standard InChI is InChI=1S/C19H17BrFNO3/c1-22(2)19(24)12-25-16-7-3-13(4-8-16)18(23)10-5-14-11-15(20)6-9-17(14)21/h3-11H,12H2,1-2H3. The quantitative estimate of drug-likeness (QED) is 0.539. The van der Waals surface area contributed by atoms with Crippen molar-refractivity contribution in [2.24, 2.45) is 0 Å². The van der Waals surface area contributed by atoms with Crippen LogP contribution < -0.4 is 4.74 Å². The normalized spacial score (nSPS) is 10.7. The maximum absolute atomic E-state index is 13.7. The van der Waals surface area contributed by atoms with Crippen LogP contribution in [-0.4, -0.2) is 37.3 Å². The molecule has 0 atom stereocenters. The first-order chi connectivity index (χ1) is 11.9. The van der Waals surface area contributed by atoms with E-state index in [9.17, 15) is 14.0 Å². The Bertz CT molecular complexity index is 801. The van der Waals surface area contributed by atoms with Crippen LogP contribution in [0.5, 0.6) is 5.75 Å². The van der Waals surface area contributed by atoms with Gasteiger partial charge < -0.3 is 9.64 Å². The van der Waals surface area contributed by atoms with Gasteiger partial charge in [-0.1, -0.05) is 15.9 Å². The smallest absolute Gasteiger partial charge is 0.259 e. The largest absolute Gasteiger partial charge is 0.484 e. The molecule has 0 spiro atoms. The second kappa shape index (κ2) is 8.58. The Morgan fingerprint density at radius 1 is 1.16 bits per heavy atom. The zero-order valence-corrected chi connectivity index (χ0v) is 15.4. The summed E-state index contributed by atoms with van der Waals surface area (Å²) in [5, 5.41) is 0. The van der Waals surface area contributed by atoms with Gasteiger partial charge in [0.15, 0.2) is 12.4 Å². The Hall–Kier alpha value is -2.47. The van der Waals surface area contributed by atoms with Gasteiger partial charge in [-0.05, 0) is 54.6 Å². The fourth-order valence-corrected chi connectivity index (χ4v) is 2.27. The van der Waals surface area contributed by atoms with E-state index in [1.807, 2.05) is 0 Å². The molecule has 130 valence electrons. The first-order valence-corrected chi connectivity index (χ1v) is 8.26. The van der Waals surface area contributed by atoms with Crippen molar-refractivity contribution in [1.29, 1.82) is 0 Å². The minimum Gasteiger partial charge on any atom is -0.484 e. The second-order valence-corrected chi connectivity index (χ2v) is 6.38. The SMILES string of the molecule is CN(C)C(=O)COc1ccc(C(=O)C=Cc2cc(Br)ccc2F)cc1. The maximum Gasteiger partial charge on any atom is 0.259 e. The molecule has 2 rings (SSSR count). The van der Waals surface area contributed by atoms with Gasteiger partial charge in [-0.2, -0.15) is 0 Å². The summed E-state index contributed by atoms with van der Waals surface area (Å²) in [6.07, 6.45) is 2.75. The van der Waals surface area contributed by atoms with Crippen LogP contribution in [-0.2, 0) is 4.79 Å². The Morgan fingerprint density at radius 2 is 1.84 bits per heavy atom. The van der Waals surface area contributed by atoms with Gasteiger partial charge in [0.2, 0.25) is 0 Å². The lowest BCUT2D eigenvalue weighted by molar-refractivity contribution is -0.130. The molecule has 0 aliphatic heterocycles. The maximum atomic E-state index is 13.7. The Balaban J connectivity index is 2.01. The summed E-state index contributed by atoms with van der Waals surface area (Å²) >= 11 is 3.26. The molecule has 4 nitrogen and oxygen atoms in total. The number of nitrogens with zero attached hydrogens (tertiary/aromatic N) is 1. The number of rotatable bonds is 6. The molecule has 0 fully saturated rings. The molecule has 25 heavy (non-hydrogen) atoms. The predicted octanol–water partition coefficient (Wildman–Crippen LogP) is 3.95. The van der Waals surface area contributed by atoms with Crippen molar-refractivity contribution in [3.05, 3.63) is 70.0 Å². The van der Waals surface area contributed by atoms with Crippen molar-refractivity contribution in [2.45, 2.75) is 0 Å². The summed E-state index contributed by atoms with van der Waals surface area (Å²) in [7, 11) is 3.29. The molecule has 0 radical (unpaired) electrons. The van der Waals surface area contributed by atoms with E-state index in [-0.39, 0.29) is 18.3 Å². The summed E-state index contributed by atoms with van der Waals surface area (Å²) in [4.78, 5) is 25.1. The highest BCUT2D eigenvalue weighted by molar-refractivity contribution is 9.10. The molecule has 0 N–H and O–H groups in total. The van der Waals surface area contributed by atoms with E-state index in [2.05, 4.69) is 15.9 Å². The molecule has 6 heteroatoms. The molecule has 0 unspecified atom stereocenters. The molecule has 1 amide bonds. The Labute approximate surface area is 154 Å². The number of halogens is 2. The van der Waals surface area contributed by atoms with Crippen molar-refractivity contribution < 1.29 is 18.7 Å². The van der Waals surface area contributed by atoms with E-state index in [0.717, 1.165) is 4.47 Å². The average Bonchev–Trinajstić information content (AvgIpc) is 2.60. The van der Waals surface area contributed by atoms with E-state index in [1.165, 1.54) is 23.1 Å². The summed E-state index contributed by atoms with van der Waals surface area (Å²) in [6, 6.07) is 10.9. The number of allylic oxidation sites excluding steroid dienone is 1. The number of ether oxygens (including phenoxy) is 1. The highest BCUT2D eigenvalue weighted by Crippen LogP contribution is 2.18. The minimum absolute atomic E-state index is 0.0671. The number of benzene rings is 2. The number of hydrogen-bond donors (Lipinski definition) is 0. The fourth-order valence-electron chi connectivity index (χ4n) is 1.89. The molecule has 2 aromatic rings. The van der Waals surface area contributed by atoms with Crippen LogP contribution in [0, 0.1) is 5.82 Å². The summed E-state index contributed by atoms with van der Waals surface area (Å²) in [5.74, 6) is -0.315. The third kappa shape index (κ3) is 5.53. The number of carbonyl (C=O) groups is 2. The van der Waals surface area contributed by atoms with E-state index in [0.29, 0.717) is 16.9 Å². The second-order valence-electron chi connectivity index (χ2n) is 5.46. The Morgan fingerprint density at radius 3 is 2.48 bits per heavy atom. The summed E-state index contributed by atoms with van der Waals surface area (Å²) in [5.41, 5.74) is 0.766. The van der Waals surface area contributed by atoms with Gasteiger partial charge in [0, 0.05) is 29.7 Å². The van der Waals surface area contributed by atoms with E-state index < -0.39 is 5.82 Å². The van der Waals surface area contributed by atoms with Crippen molar-refractivity contribution in [1.82, 2.24) is 4.90 Å². The monoisotopic (exact) mass is 405 g/mol. The Kier molecular flexibility index (Phi) is 6.47. The van der Waals surface area contributed by atoms with Crippen molar-refractivity contribution in [2.75, 3.05) is 20.7 Å². The zero-order valence-electron chi connectivity index (χ0n) is 13.8. The van der Waals surface area contributed by atoms with Crippen LogP contribution in [0.3, 0.4) is 0 Å². The molecule has 2 aromatic carbocycles. The molecule has 0 heterocycles. The molecule has 0 saturated carbocycles.